The molecule has 1 fully saturated rings. The van der Waals surface area contributed by atoms with Crippen LogP contribution < -0.4 is 0 Å². The number of rotatable bonds is 4. The van der Waals surface area contributed by atoms with E-state index in [-0.39, 0.29) is 12.4 Å². The van der Waals surface area contributed by atoms with E-state index in [0.717, 1.165) is 0 Å². The molecule has 10 nitrogen and oxygen atoms in total. The van der Waals surface area contributed by atoms with Gasteiger partial charge in [-0.3, -0.25) is 4.57 Å². The standard InChI is InChI=1S/C11H14N6O4/c1-20-2-5-7(18)8(19)11(21-5)17-4-15-6-9(16-12)13-3-14-10(6)17/h3-5,7-8,11-12,18-19H,2H2,1H3. The molecule has 10 heteroatoms. The highest BCUT2D eigenvalue weighted by atomic mass is 16.6. The Balaban J connectivity index is 1.99. The second-order valence-corrected chi connectivity index (χ2v) is 4.63. The van der Waals surface area contributed by atoms with Crippen molar-refractivity contribution in [3.63, 3.8) is 0 Å². The van der Waals surface area contributed by atoms with Crippen LogP contribution in [0.15, 0.2) is 17.8 Å². The van der Waals surface area contributed by atoms with Crippen LogP contribution in [0.3, 0.4) is 0 Å². The number of nitrogens with one attached hydrogen (secondary N) is 1. The van der Waals surface area contributed by atoms with Crippen LogP contribution in [0, 0.1) is 5.53 Å². The van der Waals surface area contributed by atoms with Gasteiger partial charge in [0.15, 0.2) is 17.4 Å². The molecule has 2 aromatic heterocycles. The van der Waals surface area contributed by atoms with E-state index in [2.05, 4.69) is 20.1 Å². The maximum Gasteiger partial charge on any atom is 0.205 e. The van der Waals surface area contributed by atoms with Crippen molar-refractivity contribution < 1.29 is 19.7 Å². The fraction of sp³-hybridized carbons (Fsp3) is 0.545. The number of imidazole rings is 1. The molecule has 1 aliphatic heterocycles. The molecule has 0 amide bonds. The van der Waals surface area contributed by atoms with Crippen molar-refractivity contribution in [3.05, 3.63) is 12.7 Å². The number of aliphatic hydroxyl groups is 2. The van der Waals surface area contributed by atoms with Crippen molar-refractivity contribution in [2.75, 3.05) is 13.7 Å². The number of aliphatic hydroxyl groups excluding tert-OH is 2. The molecule has 3 N–H and O–H groups in total. The van der Waals surface area contributed by atoms with Gasteiger partial charge in [-0.05, 0) is 0 Å². The summed E-state index contributed by atoms with van der Waals surface area (Å²) in [5.74, 6) is 0.125. The van der Waals surface area contributed by atoms with Gasteiger partial charge < -0.3 is 19.7 Å². The van der Waals surface area contributed by atoms with Gasteiger partial charge in [0, 0.05) is 7.11 Å². The topological polar surface area (TPSA) is 139 Å². The first-order chi connectivity index (χ1) is 10.2. The number of hydrogen-bond acceptors (Lipinski definition) is 9. The molecule has 21 heavy (non-hydrogen) atoms. The minimum atomic E-state index is -1.14. The molecule has 0 aliphatic carbocycles. The molecule has 0 saturated carbocycles. The van der Waals surface area contributed by atoms with E-state index >= 15 is 0 Å². The number of methoxy groups -OCH3 is 1. The number of hydrogen-bond donors (Lipinski definition) is 3. The van der Waals surface area contributed by atoms with Gasteiger partial charge in [-0.15, -0.1) is 5.11 Å². The Morgan fingerprint density at radius 3 is 2.90 bits per heavy atom. The van der Waals surface area contributed by atoms with E-state index in [1.54, 1.807) is 0 Å². The second kappa shape index (κ2) is 5.41. The fourth-order valence-corrected chi connectivity index (χ4v) is 2.37. The second-order valence-electron chi connectivity index (χ2n) is 4.63. The summed E-state index contributed by atoms with van der Waals surface area (Å²) in [7, 11) is 1.48. The molecule has 4 unspecified atom stereocenters. The molecular formula is C11H14N6O4. The number of ether oxygens (including phenoxy) is 2. The van der Waals surface area contributed by atoms with E-state index in [0.29, 0.717) is 11.2 Å². The molecule has 0 spiro atoms. The Morgan fingerprint density at radius 1 is 1.38 bits per heavy atom. The van der Waals surface area contributed by atoms with Crippen LogP contribution in [0.5, 0.6) is 0 Å². The summed E-state index contributed by atoms with van der Waals surface area (Å²) in [6.45, 7) is 0.156. The fourth-order valence-electron chi connectivity index (χ4n) is 2.37. The van der Waals surface area contributed by atoms with Crippen LogP contribution >= 0.6 is 0 Å². The monoisotopic (exact) mass is 294 g/mol. The summed E-state index contributed by atoms with van der Waals surface area (Å²) in [6, 6.07) is 0. The lowest BCUT2D eigenvalue weighted by atomic mass is 10.1. The smallest absolute Gasteiger partial charge is 0.205 e. The number of aromatic nitrogens is 4. The molecule has 4 atom stereocenters. The van der Waals surface area contributed by atoms with Gasteiger partial charge in [-0.2, -0.15) is 0 Å². The zero-order valence-corrected chi connectivity index (χ0v) is 11.1. The molecule has 2 aromatic rings. The summed E-state index contributed by atoms with van der Waals surface area (Å²) >= 11 is 0. The minimum absolute atomic E-state index is 0.125. The van der Waals surface area contributed by atoms with Gasteiger partial charge in [-0.1, -0.05) is 0 Å². The first-order valence-corrected chi connectivity index (χ1v) is 6.23. The maximum atomic E-state index is 10.1. The Hall–Kier alpha value is -2.01. The number of fused-ring (bicyclic) bond motifs is 1. The van der Waals surface area contributed by atoms with Crippen molar-refractivity contribution in [3.8, 4) is 0 Å². The lowest BCUT2D eigenvalue weighted by Gasteiger charge is -2.16. The molecule has 3 rings (SSSR count). The van der Waals surface area contributed by atoms with Crippen molar-refractivity contribution in [2.24, 2.45) is 5.11 Å². The predicted molar refractivity (Wildman–Crippen MR) is 67.9 cm³/mol. The molecular weight excluding hydrogens is 280 g/mol. The first kappa shape index (κ1) is 13.9. The zero-order chi connectivity index (χ0) is 15.0. The molecule has 3 heterocycles. The van der Waals surface area contributed by atoms with E-state index in [9.17, 15) is 10.2 Å². The predicted octanol–water partition coefficient (Wildman–Crippen LogP) is -0.246. The highest BCUT2D eigenvalue weighted by molar-refractivity contribution is 5.80. The Morgan fingerprint density at radius 2 is 2.19 bits per heavy atom. The van der Waals surface area contributed by atoms with Crippen LogP contribution in [-0.4, -0.2) is 61.8 Å². The summed E-state index contributed by atoms with van der Waals surface area (Å²) in [5.41, 5.74) is 7.74. The normalized spacial score (nSPS) is 29.1. The number of nitrogens with zero attached hydrogens (tertiary/aromatic N) is 5. The quantitative estimate of drug-likeness (QED) is 0.661. The van der Waals surface area contributed by atoms with Crippen LogP contribution in [0.25, 0.3) is 11.2 Å². The molecule has 0 radical (unpaired) electrons. The third kappa shape index (κ3) is 2.17. The van der Waals surface area contributed by atoms with Crippen LogP contribution in [0.1, 0.15) is 6.23 Å². The first-order valence-electron chi connectivity index (χ1n) is 6.23. The van der Waals surface area contributed by atoms with E-state index < -0.39 is 24.5 Å². The summed E-state index contributed by atoms with van der Waals surface area (Å²) in [4.78, 5) is 12.0. The van der Waals surface area contributed by atoms with Gasteiger partial charge in [0.2, 0.25) is 5.82 Å². The van der Waals surface area contributed by atoms with Crippen molar-refractivity contribution in [1.82, 2.24) is 19.5 Å². The van der Waals surface area contributed by atoms with Crippen molar-refractivity contribution >= 4 is 17.0 Å². The van der Waals surface area contributed by atoms with Crippen molar-refractivity contribution in [1.29, 1.82) is 5.53 Å². The molecule has 0 bridgehead atoms. The Kier molecular flexibility index (Phi) is 3.59. The average molecular weight is 294 g/mol. The molecule has 1 aliphatic rings. The van der Waals surface area contributed by atoms with Gasteiger partial charge >= 0.3 is 0 Å². The van der Waals surface area contributed by atoms with Crippen LogP contribution in [0.2, 0.25) is 0 Å². The summed E-state index contributed by atoms with van der Waals surface area (Å²) in [5, 5.41) is 23.4. The van der Waals surface area contributed by atoms with Gasteiger partial charge in [-0.25, -0.2) is 20.5 Å². The minimum Gasteiger partial charge on any atom is -0.387 e. The van der Waals surface area contributed by atoms with Crippen molar-refractivity contribution in [2.45, 2.75) is 24.5 Å². The Labute approximate surface area is 118 Å². The van der Waals surface area contributed by atoms with E-state index in [1.807, 2.05) is 0 Å². The average Bonchev–Trinajstić information content (AvgIpc) is 3.04. The largest absolute Gasteiger partial charge is 0.387 e. The van der Waals surface area contributed by atoms with Gasteiger partial charge in [0.05, 0.1) is 12.9 Å². The third-order valence-corrected chi connectivity index (χ3v) is 3.39. The molecule has 112 valence electrons. The lowest BCUT2D eigenvalue weighted by molar-refractivity contribution is -0.0580. The summed E-state index contributed by atoms with van der Waals surface area (Å²) < 4.78 is 12.0. The van der Waals surface area contributed by atoms with Crippen LogP contribution in [0.4, 0.5) is 5.82 Å². The van der Waals surface area contributed by atoms with Gasteiger partial charge in [0.1, 0.15) is 24.6 Å². The van der Waals surface area contributed by atoms with E-state index in [1.165, 1.54) is 24.3 Å². The van der Waals surface area contributed by atoms with E-state index in [4.69, 9.17) is 15.0 Å². The Bertz CT molecular complexity index is 661. The van der Waals surface area contributed by atoms with Gasteiger partial charge in [0.25, 0.3) is 0 Å². The lowest BCUT2D eigenvalue weighted by Crippen LogP contribution is -2.33. The molecule has 1 saturated heterocycles. The zero-order valence-electron chi connectivity index (χ0n) is 11.1. The molecule has 0 aromatic carbocycles. The highest BCUT2D eigenvalue weighted by Crippen LogP contribution is 2.32. The van der Waals surface area contributed by atoms with Crippen LogP contribution in [-0.2, 0) is 9.47 Å². The third-order valence-electron chi connectivity index (χ3n) is 3.39. The maximum absolute atomic E-state index is 10.1. The highest BCUT2D eigenvalue weighted by Gasteiger charge is 2.44. The summed E-state index contributed by atoms with van der Waals surface area (Å²) in [6.07, 6.45) is -1.06. The SMILES string of the molecule is COCC1OC(n2cnc3c(N=N)ncnc32)C(O)C1O.